The number of likely N-dealkylation sites (N-methyl/N-ethyl adjacent to an activating group) is 1. The molecule has 3 heterocycles. The van der Waals surface area contributed by atoms with Crippen molar-refractivity contribution in [3.63, 3.8) is 0 Å². The molecule has 128 valence electrons. The van der Waals surface area contributed by atoms with E-state index in [-0.39, 0.29) is 5.91 Å². The first-order valence-electron chi connectivity index (χ1n) is 8.43. The van der Waals surface area contributed by atoms with Crippen LogP contribution in [0.25, 0.3) is 6.08 Å². The average molecular weight is 336 g/mol. The Morgan fingerprint density at radius 2 is 1.84 bits per heavy atom. The molecule has 1 aromatic heterocycles. The van der Waals surface area contributed by atoms with E-state index in [1.54, 1.807) is 12.3 Å². The van der Waals surface area contributed by atoms with Gasteiger partial charge in [-0.1, -0.05) is 6.08 Å². The first-order chi connectivity index (χ1) is 12.2. The predicted octanol–water partition coefficient (Wildman–Crippen LogP) is 0.302. The number of amides is 1. The molecule has 0 radical (unpaired) electrons. The van der Waals surface area contributed by atoms with Crippen molar-refractivity contribution >= 4 is 29.3 Å². The van der Waals surface area contributed by atoms with Crippen molar-refractivity contribution in [1.29, 1.82) is 0 Å². The molecule has 4 rings (SSSR count). The number of carbonyl (C=O) groups is 1. The number of fused-ring (bicyclic) bond motifs is 1. The predicted molar refractivity (Wildman–Crippen MR) is 96.3 cm³/mol. The van der Waals surface area contributed by atoms with E-state index in [2.05, 4.69) is 49.3 Å². The Hall–Kier alpha value is -2.80. The highest BCUT2D eigenvalue weighted by Crippen LogP contribution is 2.20. The molecule has 0 aliphatic carbocycles. The van der Waals surface area contributed by atoms with Gasteiger partial charge in [0.2, 0.25) is 5.95 Å². The highest BCUT2D eigenvalue weighted by Gasteiger charge is 2.14. The van der Waals surface area contributed by atoms with Crippen molar-refractivity contribution in [2.45, 2.75) is 6.42 Å². The Labute approximate surface area is 145 Å². The van der Waals surface area contributed by atoms with E-state index in [9.17, 15) is 4.79 Å². The lowest BCUT2D eigenvalue weighted by atomic mass is 10.2. The molecule has 1 saturated heterocycles. The molecule has 0 saturated carbocycles. The van der Waals surface area contributed by atoms with Crippen molar-refractivity contribution in [2.75, 3.05) is 43.4 Å². The molecule has 25 heavy (non-hydrogen) atoms. The molecular formula is C18H20N6O. The van der Waals surface area contributed by atoms with Crippen LogP contribution < -0.4 is 20.9 Å². The maximum Gasteiger partial charge on any atom is 0.251 e. The molecule has 1 N–H and O–H groups in total. The lowest BCUT2D eigenvalue weighted by Gasteiger charge is -2.34. The van der Waals surface area contributed by atoms with Crippen LogP contribution in [0.5, 0.6) is 0 Å². The number of hydrogen-bond donors (Lipinski definition) is 1. The number of rotatable bonds is 3. The number of nitrogens with one attached hydrogen (secondary N) is 1. The Balaban J connectivity index is 1.49. The van der Waals surface area contributed by atoms with Crippen molar-refractivity contribution in [1.82, 2.24) is 14.9 Å². The SMILES string of the molecule is CN1CCN(c2ccc(Nc3ncc4c(n3)=NC(=O)CC=4)cc2)CC1. The average Bonchev–Trinajstić information content (AvgIpc) is 2.63. The van der Waals surface area contributed by atoms with Gasteiger partial charge in [0.05, 0.1) is 0 Å². The number of piperazine rings is 1. The van der Waals surface area contributed by atoms with Gasteiger partial charge in [0.1, 0.15) is 0 Å². The molecule has 2 aliphatic rings. The quantitative estimate of drug-likeness (QED) is 0.869. The summed E-state index contributed by atoms with van der Waals surface area (Å²) in [6.07, 6.45) is 3.81. The molecule has 7 nitrogen and oxygen atoms in total. The summed E-state index contributed by atoms with van der Waals surface area (Å²) in [4.78, 5) is 28.7. The Bertz CT molecular complexity index is 900. The van der Waals surface area contributed by atoms with Crippen molar-refractivity contribution < 1.29 is 4.79 Å². The summed E-state index contributed by atoms with van der Waals surface area (Å²) in [5.41, 5.74) is 2.56. The zero-order valence-corrected chi connectivity index (χ0v) is 14.1. The van der Waals surface area contributed by atoms with Gasteiger partial charge in [-0.25, -0.2) is 4.98 Å². The van der Waals surface area contributed by atoms with Gasteiger partial charge in [-0.3, -0.25) is 4.79 Å². The van der Waals surface area contributed by atoms with E-state index >= 15 is 0 Å². The fourth-order valence-electron chi connectivity index (χ4n) is 2.99. The van der Waals surface area contributed by atoms with Crippen LogP contribution in [0.3, 0.4) is 0 Å². The van der Waals surface area contributed by atoms with E-state index in [0.29, 0.717) is 17.9 Å². The summed E-state index contributed by atoms with van der Waals surface area (Å²) >= 11 is 0. The molecule has 0 bridgehead atoms. The first-order valence-corrected chi connectivity index (χ1v) is 8.43. The minimum Gasteiger partial charge on any atom is -0.369 e. The monoisotopic (exact) mass is 336 g/mol. The largest absolute Gasteiger partial charge is 0.369 e. The van der Waals surface area contributed by atoms with Gasteiger partial charge in [0.15, 0.2) is 5.49 Å². The second kappa shape index (κ2) is 6.60. The zero-order chi connectivity index (χ0) is 17.2. The second-order valence-electron chi connectivity index (χ2n) is 6.35. The molecule has 1 amide bonds. The second-order valence-corrected chi connectivity index (χ2v) is 6.35. The summed E-state index contributed by atoms with van der Waals surface area (Å²) in [7, 11) is 2.15. The smallest absolute Gasteiger partial charge is 0.251 e. The Kier molecular flexibility index (Phi) is 4.15. The van der Waals surface area contributed by atoms with E-state index in [0.717, 1.165) is 37.1 Å². The van der Waals surface area contributed by atoms with Crippen LogP contribution in [0.4, 0.5) is 17.3 Å². The van der Waals surface area contributed by atoms with Crippen molar-refractivity contribution in [3.05, 3.63) is 41.2 Å². The summed E-state index contributed by atoms with van der Waals surface area (Å²) in [5, 5.41) is 3.97. The molecule has 2 aliphatic heterocycles. The van der Waals surface area contributed by atoms with Crippen LogP contribution in [0.2, 0.25) is 0 Å². The summed E-state index contributed by atoms with van der Waals surface area (Å²) in [5.74, 6) is 0.270. The lowest BCUT2D eigenvalue weighted by molar-refractivity contribution is -0.117. The van der Waals surface area contributed by atoms with Gasteiger partial charge in [0, 0.05) is 55.4 Å². The molecular weight excluding hydrogens is 316 g/mol. The van der Waals surface area contributed by atoms with Gasteiger partial charge < -0.3 is 15.1 Å². The molecule has 2 aromatic rings. The van der Waals surface area contributed by atoms with Gasteiger partial charge in [0.25, 0.3) is 5.91 Å². The number of hydrogen-bond acceptors (Lipinski definition) is 6. The zero-order valence-electron chi connectivity index (χ0n) is 14.1. The van der Waals surface area contributed by atoms with Crippen LogP contribution in [0.15, 0.2) is 35.5 Å². The number of benzene rings is 1. The highest BCUT2D eigenvalue weighted by molar-refractivity contribution is 5.82. The standard InChI is InChI=1S/C18H20N6O/c1-23-8-10-24(11-9-23)15-5-3-14(4-6-15)20-18-19-12-13-2-7-16(25)21-17(13)22-18/h2-6,12H,7-11H2,1H3,(H,20,21,22,25). The number of nitrogens with zero attached hydrogens (tertiary/aromatic N) is 5. The van der Waals surface area contributed by atoms with Gasteiger partial charge in [-0.2, -0.15) is 9.98 Å². The van der Waals surface area contributed by atoms with Crippen LogP contribution in [0.1, 0.15) is 6.42 Å². The summed E-state index contributed by atoms with van der Waals surface area (Å²) in [6, 6.07) is 8.25. The topological polar surface area (TPSA) is 73.7 Å². The Morgan fingerprint density at radius 3 is 2.60 bits per heavy atom. The van der Waals surface area contributed by atoms with E-state index in [1.165, 1.54) is 5.69 Å². The van der Waals surface area contributed by atoms with Crippen LogP contribution in [-0.2, 0) is 4.79 Å². The van der Waals surface area contributed by atoms with Crippen molar-refractivity contribution in [2.24, 2.45) is 4.99 Å². The van der Waals surface area contributed by atoms with Crippen LogP contribution >= 0.6 is 0 Å². The van der Waals surface area contributed by atoms with Gasteiger partial charge in [-0.05, 0) is 31.3 Å². The van der Waals surface area contributed by atoms with Gasteiger partial charge >= 0.3 is 0 Å². The lowest BCUT2D eigenvalue weighted by Crippen LogP contribution is -2.44. The molecule has 0 unspecified atom stereocenters. The summed E-state index contributed by atoms with van der Waals surface area (Å²) in [6.45, 7) is 4.26. The normalized spacial score (nSPS) is 17.5. The third-order valence-corrected chi connectivity index (χ3v) is 4.51. The van der Waals surface area contributed by atoms with Crippen LogP contribution in [-0.4, -0.2) is 54.0 Å². The molecule has 1 fully saturated rings. The van der Waals surface area contributed by atoms with E-state index < -0.39 is 0 Å². The fraction of sp³-hybridized carbons (Fsp3) is 0.333. The summed E-state index contributed by atoms with van der Waals surface area (Å²) < 4.78 is 0. The highest BCUT2D eigenvalue weighted by atomic mass is 16.1. The minimum atomic E-state index is -0.173. The number of aromatic nitrogens is 2. The van der Waals surface area contributed by atoms with E-state index in [1.807, 2.05) is 12.1 Å². The van der Waals surface area contributed by atoms with Gasteiger partial charge in [-0.15, -0.1) is 0 Å². The third-order valence-electron chi connectivity index (χ3n) is 4.51. The van der Waals surface area contributed by atoms with E-state index in [4.69, 9.17) is 0 Å². The molecule has 1 aromatic carbocycles. The number of anilines is 3. The molecule has 0 atom stereocenters. The van der Waals surface area contributed by atoms with Crippen molar-refractivity contribution in [3.8, 4) is 0 Å². The Morgan fingerprint density at radius 1 is 1.08 bits per heavy atom. The maximum atomic E-state index is 11.4. The first kappa shape index (κ1) is 15.7. The fourth-order valence-corrected chi connectivity index (χ4v) is 2.99. The molecule has 7 heteroatoms. The maximum absolute atomic E-state index is 11.4. The molecule has 0 spiro atoms. The minimum absolute atomic E-state index is 0.173. The third kappa shape index (κ3) is 3.51. The number of carbonyl (C=O) groups excluding carboxylic acids is 1. The van der Waals surface area contributed by atoms with Crippen LogP contribution in [0, 0.1) is 0 Å².